The molecule has 6 heteroatoms. The number of carbonyl (C=O) groups is 2. The fourth-order valence-corrected chi connectivity index (χ4v) is 0.720. The van der Waals surface area contributed by atoms with E-state index in [1.807, 2.05) is 13.8 Å². The highest BCUT2D eigenvalue weighted by atomic mass is 16.5. The first kappa shape index (κ1) is 12.4. The van der Waals surface area contributed by atoms with Crippen LogP contribution in [0.3, 0.4) is 0 Å². The molecule has 0 saturated carbocycles. The van der Waals surface area contributed by atoms with Crippen molar-refractivity contribution >= 4 is 17.7 Å². The standard InChI is InChI=1S/C8H15N3O3/c1-5(2)6(4-7(12)14-3)10-11-8(9)13/h5H,4H2,1-3H3,(H3,9,11,13)/b10-6-. The minimum Gasteiger partial charge on any atom is -0.469 e. The fourth-order valence-electron chi connectivity index (χ4n) is 0.720. The van der Waals surface area contributed by atoms with Crippen LogP contribution in [0.5, 0.6) is 0 Å². The Kier molecular flexibility index (Phi) is 5.28. The molecule has 0 aromatic carbocycles. The van der Waals surface area contributed by atoms with Gasteiger partial charge in [0.15, 0.2) is 0 Å². The third-order valence-electron chi connectivity index (χ3n) is 1.53. The molecule has 6 nitrogen and oxygen atoms in total. The second kappa shape index (κ2) is 5.95. The van der Waals surface area contributed by atoms with E-state index < -0.39 is 12.0 Å². The molecule has 0 atom stereocenters. The maximum Gasteiger partial charge on any atom is 0.332 e. The van der Waals surface area contributed by atoms with Gasteiger partial charge in [-0.2, -0.15) is 5.10 Å². The van der Waals surface area contributed by atoms with Crippen molar-refractivity contribution in [1.82, 2.24) is 5.43 Å². The quantitative estimate of drug-likeness (QED) is 0.387. The van der Waals surface area contributed by atoms with Gasteiger partial charge in [0.25, 0.3) is 0 Å². The van der Waals surface area contributed by atoms with Gasteiger partial charge >= 0.3 is 12.0 Å². The van der Waals surface area contributed by atoms with Crippen molar-refractivity contribution in [2.75, 3.05) is 7.11 Å². The fraction of sp³-hybridized carbons (Fsp3) is 0.625. The molecule has 0 aliphatic rings. The molecular formula is C8H15N3O3. The molecule has 0 aromatic heterocycles. The van der Waals surface area contributed by atoms with Gasteiger partial charge in [0.1, 0.15) is 0 Å². The van der Waals surface area contributed by atoms with Crippen LogP contribution in [0.4, 0.5) is 4.79 Å². The summed E-state index contributed by atoms with van der Waals surface area (Å²) in [5, 5.41) is 3.70. The Balaban J connectivity index is 4.36. The molecular weight excluding hydrogens is 186 g/mol. The number of urea groups is 1. The van der Waals surface area contributed by atoms with E-state index in [1.54, 1.807) is 0 Å². The molecule has 2 amide bonds. The number of hydrogen-bond acceptors (Lipinski definition) is 4. The molecule has 0 aliphatic carbocycles. The van der Waals surface area contributed by atoms with Crippen LogP contribution in [-0.4, -0.2) is 24.8 Å². The average Bonchev–Trinajstić information content (AvgIpc) is 2.10. The molecule has 0 unspecified atom stereocenters. The molecule has 0 aromatic rings. The van der Waals surface area contributed by atoms with Crippen molar-refractivity contribution < 1.29 is 14.3 Å². The second-order valence-corrected chi connectivity index (χ2v) is 2.99. The number of hydrogen-bond donors (Lipinski definition) is 2. The Labute approximate surface area is 82.5 Å². The van der Waals surface area contributed by atoms with E-state index in [0.29, 0.717) is 5.71 Å². The maximum atomic E-state index is 10.9. The van der Waals surface area contributed by atoms with E-state index in [0.717, 1.165) is 0 Å². The molecule has 0 heterocycles. The predicted octanol–water partition coefficient (Wildman–Crippen LogP) is 0.230. The zero-order valence-electron chi connectivity index (χ0n) is 8.53. The van der Waals surface area contributed by atoms with Crippen molar-refractivity contribution in [2.24, 2.45) is 16.8 Å². The smallest absolute Gasteiger partial charge is 0.332 e. The number of nitrogens with zero attached hydrogens (tertiary/aromatic N) is 1. The zero-order valence-corrected chi connectivity index (χ0v) is 8.53. The number of nitrogens with one attached hydrogen (secondary N) is 1. The maximum absolute atomic E-state index is 10.9. The third kappa shape index (κ3) is 5.13. The van der Waals surface area contributed by atoms with Crippen molar-refractivity contribution in [1.29, 1.82) is 0 Å². The predicted molar refractivity (Wildman–Crippen MR) is 51.6 cm³/mol. The summed E-state index contributed by atoms with van der Waals surface area (Å²) in [7, 11) is 1.29. The SMILES string of the molecule is COC(=O)C/C(=N/NC(N)=O)C(C)C. The lowest BCUT2D eigenvalue weighted by Gasteiger charge is -2.08. The number of methoxy groups -OCH3 is 1. The number of esters is 1. The van der Waals surface area contributed by atoms with Crippen LogP contribution in [0, 0.1) is 5.92 Å². The number of rotatable bonds is 4. The minimum atomic E-state index is -0.756. The lowest BCUT2D eigenvalue weighted by molar-refractivity contribution is -0.139. The Hall–Kier alpha value is -1.59. The van der Waals surface area contributed by atoms with Gasteiger partial charge in [-0.3, -0.25) is 4.79 Å². The molecule has 0 radical (unpaired) electrons. The molecule has 0 spiro atoms. The van der Waals surface area contributed by atoms with E-state index in [4.69, 9.17) is 5.73 Å². The summed E-state index contributed by atoms with van der Waals surface area (Å²) in [5.74, 6) is -0.357. The molecule has 14 heavy (non-hydrogen) atoms. The van der Waals surface area contributed by atoms with Gasteiger partial charge < -0.3 is 10.5 Å². The van der Waals surface area contributed by atoms with Crippen molar-refractivity contribution in [3.8, 4) is 0 Å². The third-order valence-corrected chi connectivity index (χ3v) is 1.53. The van der Waals surface area contributed by atoms with Crippen LogP contribution in [-0.2, 0) is 9.53 Å². The van der Waals surface area contributed by atoms with Gasteiger partial charge in [-0.25, -0.2) is 10.2 Å². The first-order chi connectivity index (χ1) is 6.47. The molecule has 0 rings (SSSR count). The van der Waals surface area contributed by atoms with Crippen LogP contribution in [0.25, 0.3) is 0 Å². The monoisotopic (exact) mass is 201 g/mol. The molecule has 3 N–H and O–H groups in total. The minimum absolute atomic E-state index is 0.0425. The highest BCUT2D eigenvalue weighted by molar-refractivity contribution is 6.00. The zero-order chi connectivity index (χ0) is 11.1. The average molecular weight is 201 g/mol. The number of primary amides is 1. The summed E-state index contributed by atoms with van der Waals surface area (Å²) in [6.45, 7) is 3.70. The topological polar surface area (TPSA) is 93.8 Å². The number of hydrazone groups is 1. The highest BCUT2D eigenvalue weighted by Gasteiger charge is 2.11. The van der Waals surface area contributed by atoms with Crippen molar-refractivity contribution in [3.05, 3.63) is 0 Å². The summed E-state index contributed by atoms with van der Waals surface area (Å²) in [5.41, 5.74) is 7.43. The van der Waals surface area contributed by atoms with E-state index in [1.165, 1.54) is 7.11 Å². The normalized spacial score (nSPS) is 11.3. The van der Waals surface area contributed by atoms with Crippen LogP contribution in [0.2, 0.25) is 0 Å². The van der Waals surface area contributed by atoms with E-state index >= 15 is 0 Å². The number of nitrogens with two attached hydrogens (primary N) is 1. The summed E-state index contributed by atoms with van der Waals surface area (Å²) in [4.78, 5) is 21.3. The van der Waals surface area contributed by atoms with Crippen LogP contribution in [0.15, 0.2) is 5.10 Å². The summed E-state index contributed by atoms with van der Waals surface area (Å²) < 4.78 is 4.47. The molecule has 0 fully saturated rings. The van der Waals surface area contributed by atoms with Gasteiger partial charge in [-0.15, -0.1) is 0 Å². The van der Waals surface area contributed by atoms with Gasteiger partial charge in [-0.05, 0) is 5.92 Å². The van der Waals surface area contributed by atoms with Gasteiger partial charge in [0.2, 0.25) is 0 Å². The summed E-state index contributed by atoms with van der Waals surface area (Å²) >= 11 is 0. The molecule has 80 valence electrons. The first-order valence-electron chi connectivity index (χ1n) is 4.16. The number of ether oxygens (including phenoxy) is 1. The van der Waals surface area contributed by atoms with Gasteiger partial charge in [0, 0.05) is 0 Å². The number of carbonyl (C=O) groups excluding carboxylic acids is 2. The highest BCUT2D eigenvalue weighted by Crippen LogP contribution is 2.02. The van der Waals surface area contributed by atoms with Crippen LogP contribution in [0.1, 0.15) is 20.3 Å². The second-order valence-electron chi connectivity index (χ2n) is 2.99. The van der Waals surface area contributed by atoms with Crippen LogP contribution < -0.4 is 11.2 Å². The lowest BCUT2D eigenvalue weighted by atomic mass is 10.1. The van der Waals surface area contributed by atoms with Gasteiger partial charge in [-0.1, -0.05) is 13.8 Å². The number of amides is 2. The summed E-state index contributed by atoms with van der Waals surface area (Å²) in [6, 6.07) is -0.756. The Morgan fingerprint density at radius 1 is 1.50 bits per heavy atom. The summed E-state index contributed by atoms with van der Waals surface area (Å²) in [6.07, 6.45) is 0.0500. The Bertz CT molecular complexity index is 248. The Morgan fingerprint density at radius 3 is 2.43 bits per heavy atom. The lowest BCUT2D eigenvalue weighted by Crippen LogP contribution is -2.27. The van der Waals surface area contributed by atoms with Crippen molar-refractivity contribution in [3.63, 3.8) is 0 Å². The van der Waals surface area contributed by atoms with E-state index in [-0.39, 0.29) is 12.3 Å². The molecule has 0 aliphatic heterocycles. The van der Waals surface area contributed by atoms with E-state index in [9.17, 15) is 9.59 Å². The van der Waals surface area contributed by atoms with Crippen molar-refractivity contribution in [2.45, 2.75) is 20.3 Å². The van der Waals surface area contributed by atoms with Gasteiger partial charge in [0.05, 0.1) is 19.2 Å². The van der Waals surface area contributed by atoms with Crippen LogP contribution >= 0.6 is 0 Å². The largest absolute Gasteiger partial charge is 0.469 e. The first-order valence-corrected chi connectivity index (χ1v) is 4.16. The molecule has 0 bridgehead atoms. The van der Waals surface area contributed by atoms with E-state index in [2.05, 4.69) is 15.3 Å². The Morgan fingerprint density at radius 2 is 2.07 bits per heavy atom. The molecule has 0 saturated heterocycles.